The molecule has 53 heavy (non-hydrogen) atoms. The van der Waals surface area contributed by atoms with Crippen LogP contribution >= 0.6 is 0 Å². The van der Waals surface area contributed by atoms with Crippen LogP contribution < -0.4 is 11.1 Å². The van der Waals surface area contributed by atoms with Gasteiger partial charge in [0.25, 0.3) is 0 Å². The molecule has 9 heteroatoms. The van der Waals surface area contributed by atoms with Gasteiger partial charge in [-0.15, -0.1) is 0 Å². The number of carboxylic acid groups (broad SMARTS) is 1. The number of nitrogens with two attached hydrogens (primary N) is 1. The third-order valence-electron chi connectivity index (χ3n) is 18.0. The van der Waals surface area contributed by atoms with E-state index in [9.17, 15) is 24.3 Å². The molecule has 4 N–H and O–H groups in total. The van der Waals surface area contributed by atoms with Crippen LogP contribution in [0.15, 0.2) is 11.1 Å². The summed E-state index contributed by atoms with van der Waals surface area (Å²) in [7, 11) is 0. The SMILES string of the molecule is CC(C)C1=C2[C@H]3CC[C@@H]4[C@@]5(C)CCC(COC(=O)[C@H]6C[C@@H](C(=O)O)C6(C)C)C(C)(C)[C@@H]5CC[C@@]4(C)[C@]3(C)CC[C@@]2(CC(=O)NCC2(N)COC2)CC1=O. The van der Waals surface area contributed by atoms with Gasteiger partial charge in [0, 0.05) is 24.8 Å². The minimum absolute atomic E-state index is 0.000855. The molecule has 7 rings (SSSR count). The summed E-state index contributed by atoms with van der Waals surface area (Å²) in [6.07, 6.45) is 9.63. The van der Waals surface area contributed by atoms with E-state index in [1.54, 1.807) is 0 Å². The second-order valence-electron chi connectivity index (χ2n) is 21.5. The number of allylic oxidation sites excluding steroid dienone is 2. The molecule has 296 valence electrons. The summed E-state index contributed by atoms with van der Waals surface area (Å²) in [5.41, 5.74) is 7.47. The Labute approximate surface area is 317 Å². The van der Waals surface area contributed by atoms with Crippen LogP contribution in [-0.4, -0.2) is 60.6 Å². The Kier molecular flexibility index (Phi) is 9.29. The quantitative estimate of drug-likeness (QED) is 0.213. The van der Waals surface area contributed by atoms with Crippen molar-refractivity contribution >= 4 is 23.6 Å². The van der Waals surface area contributed by atoms with Crippen LogP contribution in [0.1, 0.15) is 133 Å². The number of fused-ring (bicyclic) bond motifs is 7. The summed E-state index contributed by atoms with van der Waals surface area (Å²) in [6, 6.07) is 0. The topological polar surface area (TPSA) is 145 Å². The molecule has 6 aliphatic carbocycles. The lowest BCUT2D eigenvalue weighted by molar-refractivity contribution is -0.224. The number of carbonyl (C=O) groups excluding carboxylic acids is 3. The molecule has 1 unspecified atom stereocenters. The van der Waals surface area contributed by atoms with Crippen molar-refractivity contribution in [3.63, 3.8) is 0 Å². The highest BCUT2D eigenvalue weighted by Crippen LogP contribution is 2.77. The van der Waals surface area contributed by atoms with Crippen molar-refractivity contribution in [1.29, 1.82) is 0 Å². The molecule has 0 aromatic heterocycles. The molecule has 0 bridgehead atoms. The third-order valence-corrected chi connectivity index (χ3v) is 18.0. The average Bonchev–Trinajstić information content (AvgIpc) is 3.33. The van der Waals surface area contributed by atoms with Crippen molar-refractivity contribution in [2.45, 2.75) is 138 Å². The van der Waals surface area contributed by atoms with Crippen LogP contribution in [0, 0.1) is 73.9 Å². The Balaban J connectivity index is 1.10. The lowest BCUT2D eigenvalue weighted by Gasteiger charge is -2.72. The van der Waals surface area contributed by atoms with E-state index in [-0.39, 0.29) is 63.0 Å². The van der Waals surface area contributed by atoms with E-state index < -0.39 is 28.3 Å². The van der Waals surface area contributed by atoms with Crippen LogP contribution in [0.5, 0.6) is 0 Å². The van der Waals surface area contributed by atoms with Crippen molar-refractivity contribution in [3.8, 4) is 0 Å². The molecule has 5 saturated carbocycles. The number of aliphatic carboxylic acids is 1. The molecule has 1 saturated heterocycles. The number of hydrogen-bond donors (Lipinski definition) is 3. The van der Waals surface area contributed by atoms with Gasteiger partial charge in [0.2, 0.25) is 5.91 Å². The minimum Gasteiger partial charge on any atom is -0.481 e. The van der Waals surface area contributed by atoms with Crippen molar-refractivity contribution < 1.29 is 33.8 Å². The van der Waals surface area contributed by atoms with Gasteiger partial charge < -0.3 is 25.6 Å². The molecule has 0 aromatic carbocycles. The van der Waals surface area contributed by atoms with E-state index in [1.165, 1.54) is 5.57 Å². The van der Waals surface area contributed by atoms with Gasteiger partial charge >= 0.3 is 11.9 Å². The summed E-state index contributed by atoms with van der Waals surface area (Å²) < 4.78 is 11.4. The second-order valence-corrected chi connectivity index (χ2v) is 21.5. The molecular formula is C44H68N2O7. The zero-order chi connectivity index (χ0) is 38.7. The standard InChI is InChI=1S/C44H68N2O7/c1-25(2)34-30(47)19-43(20-33(48)46-22-44(45)23-52-24-44)17-16-41(8)27(35(34)43)10-11-32-40(7)14-12-26(38(3,4)31(40)13-15-42(32,41)9)21-53-37(51)29-18-28(36(49)50)39(29,5)6/h25-29,31-32H,10-24,45H2,1-9H3,(H,46,48)(H,49,50)/t26?,27-,28+,29-,31+,32-,40+,41-,42-,43+/m1/s1. The average molecular weight is 737 g/mol. The zero-order valence-corrected chi connectivity index (χ0v) is 34.1. The highest BCUT2D eigenvalue weighted by molar-refractivity contribution is 6.01. The smallest absolute Gasteiger partial charge is 0.309 e. The van der Waals surface area contributed by atoms with Crippen LogP contribution in [-0.2, 0) is 28.7 Å². The maximum absolute atomic E-state index is 14.0. The van der Waals surface area contributed by atoms with Crippen LogP contribution in [0.4, 0.5) is 0 Å². The van der Waals surface area contributed by atoms with Crippen LogP contribution in [0.25, 0.3) is 0 Å². The largest absolute Gasteiger partial charge is 0.481 e. The molecule has 1 aliphatic heterocycles. The predicted octanol–water partition coefficient (Wildman–Crippen LogP) is 7.11. The summed E-state index contributed by atoms with van der Waals surface area (Å²) in [4.78, 5) is 52.6. The first-order valence-electron chi connectivity index (χ1n) is 20.9. The summed E-state index contributed by atoms with van der Waals surface area (Å²) in [6.45, 7) is 22.3. The van der Waals surface area contributed by atoms with E-state index in [2.05, 4.69) is 53.8 Å². The van der Waals surface area contributed by atoms with Gasteiger partial charge in [-0.25, -0.2) is 0 Å². The molecule has 0 spiro atoms. The van der Waals surface area contributed by atoms with Gasteiger partial charge in [0.05, 0.1) is 37.2 Å². The lowest BCUT2D eigenvalue weighted by Crippen LogP contribution is -2.65. The number of esters is 1. The van der Waals surface area contributed by atoms with Crippen molar-refractivity contribution in [3.05, 3.63) is 11.1 Å². The highest BCUT2D eigenvalue weighted by Gasteiger charge is 2.70. The third kappa shape index (κ3) is 5.64. The number of carboxylic acids is 1. The molecule has 9 nitrogen and oxygen atoms in total. The summed E-state index contributed by atoms with van der Waals surface area (Å²) >= 11 is 0. The number of Topliss-reactive ketones (excluding diaryl/α,β-unsaturated/α-hetero) is 1. The first kappa shape index (κ1) is 39.0. The first-order chi connectivity index (χ1) is 24.6. The summed E-state index contributed by atoms with van der Waals surface area (Å²) in [5, 5.41) is 12.7. The van der Waals surface area contributed by atoms with Gasteiger partial charge in [0.15, 0.2) is 5.78 Å². The molecular weight excluding hydrogens is 668 g/mol. The predicted molar refractivity (Wildman–Crippen MR) is 202 cm³/mol. The molecule has 1 heterocycles. The van der Waals surface area contributed by atoms with Gasteiger partial charge in [-0.2, -0.15) is 0 Å². The Bertz CT molecular complexity index is 1590. The molecule has 0 radical (unpaired) electrons. The van der Waals surface area contributed by atoms with E-state index in [1.807, 2.05) is 13.8 Å². The molecule has 7 aliphatic rings. The second kappa shape index (κ2) is 12.6. The van der Waals surface area contributed by atoms with Crippen LogP contribution in [0.3, 0.4) is 0 Å². The summed E-state index contributed by atoms with van der Waals surface area (Å²) in [5.74, 6) is 0.0391. The Morgan fingerprint density at radius 2 is 1.58 bits per heavy atom. The number of ether oxygens (including phenoxy) is 2. The van der Waals surface area contributed by atoms with Gasteiger partial charge in [-0.1, -0.05) is 67.9 Å². The Morgan fingerprint density at radius 1 is 0.887 bits per heavy atom. The van der Waals surface area contributed by atoms with Crippen LogP contribution in [0.2, 0.25) is 0 Å². The minimum atomic E-state index is -0.830. The maximum atomic E-state index is 14.0. The molecule has 1 amide bonds. The molecule has 10 atom stereocenters. The number of nitrogens with one attached hydrogen (secondary N) is 1. The van der Waals surface area contributed by atoms with Crippen molar-refractivity contribution in [2.75, 3.05) is 26.4 Å². The highest BCUT2D eigenvalue weighted by atomic mass is 16.5. The van der Waals surface area contributed by atoms with E-state index in [0.717, 1.165) is 56.9 Å². The maximum Gasteiger partial charge on any atom is 0.309 e. The van der Waals surface area contributed by atoms with Crippen molar-refractivity contribution in [2.24, 2.45) is 79.6 Å². The van der Waals surface area contributed by atoms with Gasteiger partial charge in [0.1, 0.15) is 0 Å². The number of hydrogen-bond acceptors (Lipinski definition) is 7. The van der Waals surface area contributed by atoms with E-state index in [4.69, 9.17) is 15.2 Å². The van der Waals surface area contributed by atoms with Gasteiger partial charge in [-0.05, 0) is 120 Å². The molecule has 0 aromatic rings. The fraction of sp³-hybridized carbons (Fsp3) is 0.864. The van der Waals surface area contributed by atoms with E-state index >= 15 is 0 Å². The number of ketones is 1. The zero-order valence-electron chi connectivity index (χ0n) is 34.1. The van der Waals surface area contributed by atoms with Gasteiger partial charge in [-0.3, -0.25) is 19.2 Å². The fourth-order valence-electron chi connectivity index (χ4n) is 14.5. The van der Waals surface area contributed by atoms with E-state index in [0.29, 0.717) is 57.5 Å². The fourth-order valence-corrected chi connectivity index (χ4v) is 14.5. The molecule has 6 fully saturated rings. The normalized spacial score (nSPS) is 43.3. The Hall–Kier alpha value is -2.26. The monoisotopic (exact) mass is 737 g/mol. The number of rotatable bonds is 9. The number of amides is 1. The number of carbonyl (C=O) groups is 4. The van der Waals surface area contributed by atoms with Crippen molar-refractivity contribution in [1.82, 2.24) is 5.32 Å². The lowest BCUT2D eigenvalue weighted by atomic mass is 9.32. The Morgan fingerprint density at radius 3 is 2.19 bits per heavy atom. The first-order valence-corrected chi connectivity index (χ1v) is 20.9.